The smallest absolute Gasteiger partial charge is 0.326 e. The zero-order valence-corrected chi connectivity index (χ0v) is 20.8. The Morgan fingerprint density at radius 2 is 1.47 bits per heavy atom. The minimum Gasteiger partial charge on any atom is -0.508 e. The second kappa shape index (κ2) is 14.9. The van der Waals surface area contributed by atoms with Crippen molar-refractivity contribution in [1.29, 1.82) is 0 Å². The lowest BCUT2D eigenvalue weighted by atomic mass is 10.0. The summed E-state index contributed by atoms with van der Waals surface area (Å²) in [6.07, 6.45) is -0.0655. The van der Waals surface area contributed by atoms with E-state index < -0.39 is 66.3 Å². The Balaban J connectivity index is 3.13. The highest BCUT2D eigenvalue weighted by molar-refractivity contribution is 7.98. The average molecular weight is 528 g/mol. The van der Waals surface area contributed by atoms with Crippen LogP contribution in [0.25, 0.3) is 0 Å². The molecule has 0 aliphatic heterocycles. The number of benzene rings is 1. The molecule has 0 aliphatic carbocycles. The van der Waals surface area contributed by atoms with Gasteiger partial charge in [-0.25, -0.2) is 4.79 Å². The zero-order chi connectivity index (χ0) is 27.4. The molecule has 0 radical (unpaired) electrons. The fourth-order valence-electron chi connectivity index (χ4n) is 3.01. The van der Waals surface area contributed by atoms with E-state index >= 15 is 0 Å². The minimum atomic E-state index is -1.52. The molecule has 200 valence electrons. The Morgan fingerprint density at radius 3 is 1.97 bits per heavy atom. The second-order valence-corrected chi connectivity index (χ2v) is 9.10. The lowest BCUT2D eigenvalue weighted by molar-refractivity contribution is -0.142. The standard InChI is InChI=1S/C22H33N5O8S/c1-11(28)18(24)21(33)27-15(9-12-3-5-13(29)6-4-12)19(31)26-16(10-17(23)30)20(32)25-14(22(34)35)7-8-36-2/h3-6,11,14-16,18,28-29H,7-10,24H2,1-2H3,(H2,23,30)(H,25,32)(H,26,31)(H,27,33)(H,34,35). The number of amides is 4. The summed E-state index contributed by atoms with van der Waals surface area (Å²) in [7, 11) is 0. The number of thioether (sulfide) groups is 1. The van der Waals surface area contributed by atoms with Gasteiger partial charge in [-0.3, -0.25) is 19.2 Å². The molecule has 13 nitrogen and oxygen atoms in total. The first kappa shape index (κ1) is 30.7. The SMILES string of the molecule is CSCCC(NC(=O)C(CC(N)=O)NC(=O)C(Cc1ccc(O)cc1)NC(=O)C(N)C(C)O)C(=O)O. The van der Waals surface area contributed by atoms with E-state index in [-0.39, 0.29) is 18.6 Å². The van der Waals surface area contributed by atoms with Gasteiger partial charge in [-0.2, -0.15) is 11.8 Å². The normalized spacial score (nSPS) is 15.0. The van der Waals surface area contributed by atoms with Crippen LogP contribution >= 0.6 is 11.8 Å². The van der Waals surface area contributed by atoms with E-state index in [1.165, 1.54) is 43.0 Å². The molecule has 1 aromatic carbocycles. The first-order valence-corrected chi connectivity index (χ1v) is 12.4. The number of nitrogens with one attached hydrogen (secondary N) is 3. The third-order valence-corrected chi connectivity index (χ3v) is 5.74. The number of carboxylic acids is 1. The number of aliphatic hydroxyl groups excluding tert-OH is 1. The summed E-state index contributed by atoms with van der Waals surface area (Å²) in [5, 5.41) is 35.5. The molecule has 4 amide bonds. The predicted octanol–water partition coefficient (Wildman–Crippen LogP) is -2.19. The van der Waals surface area contributed by atoms with Crippen molar-refractivity contribution in [3.05, 3.63) is 29.8 Å². The number of phenols is 1. The molecule has 0 bridgehead atoms. The van der Waals surface area contributed by atoms with Crippen LogP contribution in [0.5, 0.6) is 5.75 Å². The van der Waals surface area contributed by atoms with Crippen LogP contribution in [0.15, 0.2) is 24.3 Å². The summed E-state index contributed by atoms with van der Waals surface area (Å²) in [5.41, 5.74) is 11.4. The van der Waals surface area contributed by atoms with Crippen LogP contribution in [-0.2, 0) is 30.4 Å². The highest BCUT2D eigenvalue weighted by Gasteiger charge is 2.32. The van der Waals surface area contributed by atoms with Crippen LogP contribution in [0.2, 0.25) is 0 Å². The lowest BCUT2D eigenvalue weighted by Gasteiger charge is -2.25. The van der Waals surface area contributed by atoms with E-state index in [0.717, 1.165) is 0 Å². The van der Waals surface area contributed by atoms with Gasteiger partial charge in [-0.1, -0.05) is 12.1 Å². The van der Waals surface area contributed by atoms with E-state index in [2.05, 4.69) is 16.0 Å². The molecule has 0 spiro atoms. The number of carbonyl (C=O) groups excluding carboxylic acids is 4. The maximum Gasteiger partial charge on any atom is 0.326 e. The van der Waals surface area contributed by atoms with Crippen LogP contribution in [-0.4, -0.2) is 87.2 Å². The molecular formula is C22H33N5O8S. The maximum atomic E-state index is 13.1. The van der Waals surface area contributed by atoms with Gasteiger partial charge in [-0.05, 0) is 43.0 Å². The number of aromatic hydroxyl groups is 1. The van der Waals surface area contributed by atoms with Crippen molar-refractivity contribution < 1.29 is 39.3 Å². The Hall–Kier alpha value is -3.36. The van der Waals surface area contributed by atoms with Crippen molar-refractivity contribution in [2.75, 3.05) is 12.0 Å². The summed E-state index contributed by atoms with van der Waals surface area (Å²) >= 11 is 1.38. The van der Waals surface area contributed by atoms with Crippen molar-refractivity contribution in [3.63, 3.8) is 0 Å². The minimum absolute atomic E-state index is 0.0208. The topological polar surface area (TPSA) is 234 Å². The summed E-state index contributed by atoms with van der Waals surface area (Å²) in [5.74, 6) is -4.46. The first-order valence-electron chi connectivity index (χ1n) is 11.0. The third-order valence-electron chi connectivity index (χ3n) is 5.10. The highest BCUT2D eigenvalue weighted by Crippen LogP contribution is 2.12. The quantitative estimate of drug-likeness (QED) is 0.123. The van der Waals surface area contributed by atoms with Crippen molar-refractivity contribution in [1.82, 2.24) is 16.0 Å². The monoisotopic (exact) mass is 527 g/mol. The highest BCUT2D eigenvalue weighted by atomic mass is 32.2. The molecule has 36 heavy (non-hydrogen) atoms. The van der Waals surface area contributed by atoms with Crippen molar-refractivity contribution in [2.45, 2.75) is 56.5 Å². The molecule has 0 heterocycles. The summed E-state index contributed by atoms with van der Waals surface area (Å²) in [6, 6.07) is 0.333. The Labute approximate surface area is 212 Å². The molecule has 1 aromatic rings. The molecule has 0 saturated carbocycles. The molecule has 10 N–H and O–H groups in total. The molecule has 0 saturated heterocycles. The fraction of sp³-hybridized carbons (Fsp3) is 0.500. The van der Waals surface area contributed by atoms with Gasteiger partial charge in [0.25, 0.3) is 0 Å². The number of carbonyl (C=O) groups is 5. The largest absolute Gasteiger partial charge is 0.508 e. The number of phenolic OH excluding ortho intramolecular Hbond substituents is 1. The van der Waals surface area contributed by atoms with E-state index in [1.807, 2.05) is 0 Å². The number of nitrogens with two attached hydrogens (primary N) is 2. The van der Waals surface area contributed by atoms with E-state index in [4.69, 9.17) is 11.5 Å². The van der Waals surface area contributed by atoms with Gasteiger partial charge in [0.2, 0.25) is 23.6 Å². The first-order chi connectivity index (χ1) is 16.8. The third kappa shape index (κ3) is 10.5. The molecule has 0 fully saturated rings. The van der Waals surface area contributed by atoms with Crippen molar-refractivity contribution in [3.8, 4) is 5.75 Å². The Kier molecular flexibility index (Phi) is 12.7. The molecular weight excluding hydrogens is 494 g/mol. The van der Waals surface area contributed by atoms with E-state index in [9.17, 15) is 39.3 Å². The molecule has 0 aromatic heterocycles. The van der Waals surface area contributed by atoms with Gasteiger partial charge in [0.05, 0.1) is 12.5 Å². The number of hydrogen-bond acceptors (Lipinski definition) is 9. The number of aliphatic carboxylic acids is 1. The predicted molar refractivity (Wildman–Crippen MR) is 132 cm³/mol. The molecule has 5 atom stereocenters. The fourth-order valence-corrected chi connectivity index (χ4v) is 3.48. The van der Waals surface area contributed by atoms with Crippen LogP contribution in [0.1, 0.15) is 25.3 Å². The zero-order valence-electron chi connectivity index (χ0n) is 20.0. The van der Waals surface area contributed by atoms with E-state index in [0.29, 0.717) is 11.3 Å². The lowest BCUT2D eigenvalue weighted by Crippen LogP contribution is -2.59. The molecule has 0 aliphatic rings. The van der Waals surface area contributed by atoms with Crippen LogP contribution in [0, 0.1) is 0 Å². The molecule has 5 unspecified atom stereocenters. The number of aliphatic hydroxyl groups is 1. The van der Waals surface area contributed by atoms with E-state index in [1.54, 1.807) is 6.26 Å². The van der Waals surface area contributed by atoms with Crippen LogP contribution in [0.4, 0.5) is 0 Å². The molecule has 14 heteroatoms. The van der Waals surface area contributed by atoms with Gasteiger partial charge >= 0.3 is 5.97 Å². The average Bonchev–Trinajstić information content (AvgIpc) is 2.80. The van der Waals surface area contributed by atoms with Gasteiger partial charge in [0.1, 0.15) is 29.9 Å². The number of carboxylic acid groups (broad SMARTS) is 1. The summed E-state index contributed by atoms with van der Waals surface area (Å²) in [4.78, 5) is 61.3. The van der Waals surface area contributed by atoms with Crippen molar-refractivity contribution >= 4 is 41.4 Å². The number of hydrogen-bond donors (Lipinski definition) is 8. The summed E-state index contributed by atoms with van der Waals surface area (Å²) in [6.45, 7) is 1.29. The number of rotatable bonds is 15. The van der Waals surface area contributed by atoms with Crippen molar-refractivity contribution in [2.24, 2.45) is 11.5 Å². The Morgan fingerprint density at radius 1 is 0.944 bits per heavy atom. The van der Waals surface area contributed by atoms with Crippen LogP contribution < -0.4 is 27.4 Å². The van der Waals surface area contributed by atoms with Crippen LogP contribution in [0.3, 0.4) is 0 Å². The summed E-state index contributed by atoms with van der Waals surface area (Å²) < 4.78 is 0. The molecule has 1 rings (SSSR count). The maximum absolute atomic E-state index is 13.1. The second-order valence-electron chi connectivity index (χ2n) is 8.11. The number of primary amides is 1. The van der Waals surface area contributed by atoms with Gasteiger partial charge in [0.15, 0.2) is 0 Å². The Bertz CT molecular complexity index is 928. The van der Waals surface area contributed by atoms with Gasteiger partial charge < -0.3 is 42.7 Å². The van der Waals surface area contributed by atoms with Gasteiger partial charge in [0, 0.05) is 6.42 Å². The van der Waals surface area contributed by atoms with Gasteiger partial charge in [-0.15, -0.1) is 0 Å².